The number of aryl methyl sites for hydroxylation is 2. The van der Waals surface area contributed by atoms with Gasteiger partial charge in [0.2, 0.25) is 11.7 Å². The number of aromatic nitrogens is 4. The van der Waals surface area contributed by atoms with E-state index in [0.29, 0.717) is 23.1 Å². The number of rotatable bonds is 4. The molecule has 0 saturated carbocycles. The van der Waals surface area contributed by atoms with E-state index in [1.54, 1.807) is 0 Å². The highest BCUT2D eigenvalue weighted by Crippen LogP contribution is 2.26. The molecule has 2 aromatic heterocycles. The van der Waals surface area contributed by atoms with E-state index < -0.39 is 0 Å². The summed E-state index contributed by atoms with van der Waals surface area (Å²) in [5.41, 5.74) is 4.45. The number of hydrogen-bond donors (Lipinski definition) is 0. The van der Waals surface area contributed by atoms with Crippen molar-refractivity contribution in [2.45, 2.75) is 33.7 Å². The monoisotopic (exact) mass is 403 g/mol. The molecule has 0 amide bonds. The van der Waals surface area contributed by atoms with E-state index in [0.717, 1.165) is 43.0 Å². The van der Waals surface area contributed by atoms with Gasteiger partial charge < -0.3 is 9.42 Å². The highest BCUT2D eigenvalue weighted by Gasteiger charge is 2.28. The van der Waals surface area contributed by atoms with Crippen molar-refractivity contribution in [2.75, 3.05) is 31.1 Å². The van der Waals surface area contributed by atoms with Crippen molar-refractivity contribution in [3.63, 3.8) is 0 Å². The standard InChI is InChI=1S/C22H25N7O/c1-14-5-7-18(8-6-14)20-24-22(30-27-20)17(4)28-9-11-29(12-10-28)21-19(13-23)15(2)16(3)25-26-21/h5-8,17H,9-12H2,1-4H3. The predicted molar refractivity (Wildman–Crippen MR) is 113 cm³/mol. The zero-order chi connectivity index (χ0) is 21.3. The second-order valence-corrected chi connectivity index (χ2v) is 7.74. The topological polar surface area (TPSA) is 95.0 Å². The fraction of sp³-hybridized carbons (Fsp3) is 0.409. The molecule has 3 heterocycles. The summed E-state index contributed by atoms with van der Waals surface area (Å²) in [6, 6.07) is 10.4. The van der Waals surface area contributed by atoms with E-state index >= 15 is 0 Å². The molecule has 0 aliphatic carbocycles. The Hall–Kier alpha value is -3.31. The number of nitriles is 1. The van der Waals surface area contributed by atoms with Crippen LogP contribution in [0.4, 0.5) is 5.82 Å². The van der Waals surface area contributed by atoms with Crippen LogP contribution in [0.2, 0.25) is 0 Å². The Bertz CT molecular complexity index is 1080. The molecule has 3 aromatic rings. The fourth-order valence-corrected chi connectivity index (χ4v) is 3.65. The first kappa shape index (κ1) is 20.0. The summed E-state index contributed by atoms with van der Waals surface area (Å²) in [5, 5.41) is 22.2. The highest BCUT2D eigenvalue weighted by atomic mass is 16.5. The van der Waals surface area contributed by atoms with Crippen molar-refractivity contribution in [3.8, 4) is 17.5 Å². The molecule has 0 bridgehead atoms. The predicted octanol–water partition coefficient (Wildman–Crippen LogP) is 3.21. The molecule has 0 radical (unpaired) electrons. The van der Waals surface area contributed by atoms with Gasteiger partial charge in [-0.05, 0) is 33.3 Å². The molecular weight excluding hydrogens is 378 g/mol. The van der Waals surface area contributed by atoms with Crippen LogP contribution in [0.25, 0.3) is 11.4 Å². The Morgan fingerprint density at radius 1 is 1.03 bits per heavy atom. The fourth-order valence-electron chi connectivity index (χ4n) is 3.65. The quantitative estimate of drug-likeness (QED) is 0.655. The van der Waals surface area contributed by atoms with E-state index in [-0.39, 0.29) is 6.04 Å². The largest absolute Gasteiger partial charge is 0.351 e. The van der Waals surface area contributed by atoms with Crippen LogP contribution < -0.4 is 4.90 Å². The lowest BCUT2D eigenvalue weighted by molar-refractivity contribution is 0.164. The molecule has 8 heteroatoms. The van der Waals surface area contributed by atoms with Crippen molar-refractivity contribution >= 4 is 5.82 Å². The Morgan fingerprint density at radius 3 is 2.40 bits per heavy atom. The van der Waals surface area contributed by atoms with Crippen LogP contribution in [0.5, 0.6) is 0 Å². The minimum atomic E-state index is 0.0140. The van der Waals surface area contributed by atoms with Crippen molar-refractivity contribution in [1.82, 2.24) is 25.2 Å². The maximum atomic E-state index is 9.57. The normalized spacial score (nSPS) is 15.8. The van der Waals surface area contributed by atoms with E-state index in [9.17, 15) is 5.26 Å². The third-order valence-electron chi connectivity index (χ3n) is 5.82. The molecule has 0 N–H and O–H groups in total. The van der Waals surface area contributed by atoms with Gasteiger partial charge in [0.1, 0.15) is 11.6 Å². The molecule has 30 heavy (non-hydrogen) atoms. The number of nitrogens with zero attached hydrogens (tertiary/aromatic N) is 7. The van der Waals surface area contributed by atoms with Gasteiger partial charge >= 0.3 is 0 Å². The van der Waals surface area contributed by atoms with Crippen LogP contribution in [0.15, 0.2) is 28.8 Å². The smallest absolute Gasteiger partial charge is 0.244 e. The van der Waals surface area contributed by atoms with E-state index in [1.165, 1.54) is 5.56 Å². The minimum absolute atomic E-state index is 0.0140. The molecule has 1 fully saturated rings. The Labute approximate surface area is 176 Å². The first-order chi connectivity index (χ1) is 14.5. The van der Waals surface area contributed by atoms with Gasteiger partial charge in [0.05, 0.1) is 11.7 Å². The van der Waals surface area contributed by atoms with Gasteiger partial charge in [0, 0.05) is 31.7 Å². The lowest BCUT2D eigenvalue weighted by Crippen LogP contribution is -2.47. The second kappa shape index (κ2) is 8.20. The van der Waals surface area contributed by atoms with E-state index in [1.807, 2.05) is 38.1 Å². The molecule has 0 spiro atoms. The van der Waals surface area contributed by atoms with Crippen molar-refractivity contribution < 1.29 is 4.52 Å². The van der Waals surface area contributed by atoms with Gasteiger partial charge in [0.15, 0.2) is 5.82 Å². The number of hydrogen-bond acceptors (Lipinski definition) is 8. The van der Waals surface area contributed by atoms with Crippen LogP contribution in [0.3, 0.4) is 0 Å². The zero-order valence-electron chi connectivity index (χ0n) is 17.8. The van der Waals surface area contributed by atoms with Crippen LogP contribution in [0.1, 0.15) is 41.2 Å². The Kier molecular flexibility index (Phi) is 5.46. The molecule has 1 aromatic carbocycles. The Morgan fingerprint density at radius 2 is 1.73 bits per heavy atom. The first-order valence-electron chi connectivity index (χ1n) is 10.1. The molecule has 1 aliphatic heterocycles. The van der Waals surface area contributed by atoms with Gasteiger partial charge in [0.25, 0.3) is 0 Å². The zero-order valence-corrected chi connectivity index (χ0v) is 17.8. The van der Waals surface area contributed by atoms with Crippen molar-refractivity contribution in [1.29, 1.82) is 5.26 Å². The van der Waals surface area contributed by atoms with Crippen LogP contribution in [0, 0.1) is 32.1 Å². The maximum absolute atomic E-state index is 9.57. The van der Waals surface area contributed by atoms with Crippen molar-refractivity contribution in [2.24, 2.45) is 0 Å². The molecule has 1 atom stereocenters. The van der Waals surface area contributed by atoms with Gasteiger partial charge in [-0.15, -0.1) is 5.10 Å². The molecule has 4 rings (SSSR count). The number of anilines is 1. The summed E-state index contributed by atoms with van der Waals surface area (Å²) in [4.78, 5) is 9.05. The summed E-state index contributed by atoms with van der Waals surface area (Å²) in [5.74, 6) is 1.90. The summed E-state index contributed by atoms with van der Waals surface area (Å²) >= 11 is 0. The second-order valence-electron chi connectivity index (χ2n) is 7.74. The number of piperazine rings is 1. The minimum Gasteiger partial charge on any atom is -0.351 e. The van der Waals surface area contributed by atoms with E-state index in [2.05, 4.69) is 50.1 Å². The SMILES string of the molecule is Cc1ccc(-c2noc(C(C)N3CCN(c4nnc(C)c(C)c4C#N)CC3)n2)cc1. The molecule has 1 unspecified atom stereocenters. The summed E-state index contributed by atoms with van der Waals surface area (Å²) in [7, 11) is 0. The average molecular weight is 403 g/mol. The molecular formula is C22H25N7O. The summed E-state index contributed by atoms with van der Waals surface area (Å²) < 4.78 is 5.56. The third-order valence-corrected chi connectivity index (χ3v) is 5.82. The molecule has 1 aliphatic rings. The van der Waals surface area contributed by atoms with Gasteiger partial charge in [-0.25, -0.2) is 0 Å². The van der Waals surface area contributed by atoms with E-state index in [4.69, 9.17) is 4.52 Å². The molecule has 154 valence electrons. The molecule has 1 saturated heterocycles. The summed E-state index contributed by atoms with van der Waals surface area (Å²) in [6.07, 6.45) is 0. The van der Waals surface area contributed by atoms with Crippen LogP contribution in [-0.2, 0) is 0 Å². The first-order valence-corrected chi connectivity index (χ1v) is 10.1. The van der Waals surface area contributed by atoms with Crippen molar-refractivity contribution in [3.05, 3.63) is 52.5 Å². The van der Waals surface area contributed by atoms with Gasteiger partial charge in [-0.3, -0.25) is 4.90 Å². The highest BCUT2D eigenvalue weighted by molar-refractivity contribution is 5.58. The number of benzene rings is 1. The summed E-state index contributed by atoms with van der Waals surface area (Å²) in [6.45, 7) is 11.1. The third kappa shape index (κ3) is 3.76. The lowest BCUT2D eigenvalue weighted by atomic mass is 10.1. The lowest BCUT2D eigenvalue weighted by Gasteiger charge is -2.37. The van der Waals surface area contributed by atoms with Gasteiger partial charge in [-0.2, -0.15) is 15.3 Å². The molecule has 8 nitrogen and oxygen atoms in total. The maximum Gasteiger partial charge on any atom is 0.244 e. The Balaban J connectivity index is 1.44. The van der Waals surface area contributed by atoms with Crippen LogP contribution in [-0.4, -0.2) is 51.4 Å². The van der Waals surface area contributed by atoms with Gasteiger partial charge in [-0.1, -0.05) is 35.0 Å². The average Bonchev–Trinajstić information content (AvgIpc) is 3.26. The van der Waals surface area contributed by atoms with Crippen LogP contribution >= 0.6 is 0 Å².